The maximum absolute atomic E-state index is 13.1. The van der Waals surface area contributed by atoms with Crippen LogP contribution < -0.4 is 0 Å². The molecule has 3 heteroatoms. The Hall–Kier alpha value is -1.38. The van der Waals surface area contributed by atoms with Gasteiger partial charge in [0.2, 0.25) is 0 Å². The standard InChI is InChI=1S/C13H17FN2/c1-13(2,3)8-16-7-9-4-5-10(14)6-11(9)12(16)15/h4-6,15H,7-8H2,1-3H3. The minimum Gasteiger partial charge on any atom is -0.352 e. The molecule has 0 aromatic heterocycles. The van der Waals surface area contributed by atoms with Crippen molar-refractivity contribution in [3.63, 3.8) is 0 Å². The van der Waals surface area contributed by atoms with Crippen molar-refractivity contribution in [2.45, 2.75) is 27.3 Å². The average molecular weight is 220 g/mol. The molecule has 1 aromatic rings. The molecule has 1 heterocycles. The normalized spacial score (nSPS) is 15.5. The quantitative estimate of drug-likeness (QED) is 0.774. The molecule has 0 amide bonds. The van der Waals surface area contributed by atoms with Crippen LogP contribution in [0.1, 0.15) is 31.9 Å². The van der Waals surface area contributed by atoms with Gasteiger partial charge in [-0.3, -0.25) is 5.41 Å². The minimum absolute atomic E-state index is 0.146. The van der Waals surface area contributed by atoms with Gasteiger partial charge in [-0.1, -0.05) is 26.8 Å². The Labute approximate surface area is 95.6 Å². The molecule has 0 saturated carbocycles. The van der Waals surface area contributed by atoms with Gasteiger partial charge in [0.25, 0.3) is 0 Å². The molecule has 0 radical (unpaired) electrons. The Morgan fingerprint density at radius 1 is 1.38 bits per heavy atom. The van der Waals surface area contributed by atoms with Gasteiger partial charge in [-0.05, 0) is 23.1 Å². The van der Waals surface area contributed by atoms with Gasteiger partial charge < -0.3 is 4.90 Å². The molecule has 0 fully saturated rings. The van der Waals surface area contributed by atoms with Crippen LogP contribution in [0.3, 0.4) is 0 Å². The molecule has 16 heavy (non-hydrogen) atoms. The van der Waals surface area contributed by atoms with Gasteiger partial charge in [0.1, 0.15) is 11.7 Å². The summed E-state index contributed by atoms with van der Waals surface area (Å²) in [4.78, 5) is 2.00. The number of rotatable bonds is 1. The van der Waals surface area contributed by atoms with E-state index in [-0.39, 0.29) is 11.2 Å². The van der Waals surface area contributed by atoms with E-state index in [1.807, 2.05) is 4.90 Å². The van der Waals surface area contributed by atoms with E-state index in [1.165, 1.54) is 12.1 Å². The summed E-state index contributed by atoms with van der Waals surface area (Å²) in [6.45, 7) is 7.98. The van der Waals surface area contributed by atoms with Crippen LogP contribution in [0.5, 0.6) is 0 Å². The van der Waals surface area contributed by atoms with Crippen molar-refractivity contribution >= 4 is 5.84 Å². The number of hydrogen-bond donors (Lipinski definition) is 1. The smallest absolute Gasteiger partial charge is 0.128 e. The van der Waals surface area contributed by atoms with Crippen LogP contribution in [-0.4, -0.2) is 17.3 Å². The summed E-state index contributed by atoms with van der Waals surface area (Å²) in [5.41, 5.74) is 1.94. The van der Waals surface area contributed by atoms with Crippen molar-refractivity contribution in [3.05, 3.63) is 35.1 Å². The van der Waals surface area contributed by atoms with Crippen LogP contribution in [0.25, 0.3) is 0 Å². The first kappa shape index (κ1) is 11.1. The van der Waals surface area contributed by atoms with Gasteiger partial charge in [0.05, 0.1) is 0 Å². The second-order valence-corrected chi connectivity index (χ2v) is 5.57. The zero-order valence-corrected chi connectivity index (χ0v) is 9.97. The highest BCUT2D eigenvalue weighted by atomic mass is 19.1. The van der Waals surface area contributed by atoms with Gasteiger partial charge in [-0.2, -0.15) is 0 Å². The van der Waals surface area contributed by atoms with E-state index in [4.69, 9.17) is 5.41 Å². The Morgan fingerprint density at radius 3 is 2.69 bits per heavy atom. The molecule has 1 aromatic carbocycles. The molecule has 0 bridgehead atoms. The maximum atomic E-state index is 13.1. The lowest BCUT2D eigenvalue weighted by Crippen LogP contribution is -2.32. The largest absolute Gasteiger partial charge is 0.352 e. The van der Waals surface area contributed by atoms with Gasteiger partial charge in [-0.15, -0.1) is 0 Å². The fourth-order valence-electron chi connectivity index (χ4n) is 2.07. The first-order chi connectivity index (χ1) is 7.37. The lowest BCUT2D eigenvalue weighted by molar-refractivity contribution is 0.276. The predicted molar refractivity (Wildman–Crippen MR) is 63.1 cm³/mol. The Bertz CT molecular complexity index is 432. The van der Waals surface area contributed by atoms with E-state index >= 15 is 0 Å². The summed E-state index contributed by atoms with van der Waals surface area (Å²) >= 11 is 0. The van der Waals surface area contributed by atoms with E-state index < -0.39 is 0 Å². The molecule has 1 N–H and O–H groups in total. The molecule has 1 aliphatic heterocycles. The van der Waals surface area contributed by atoms with Crippen LogP contribution in [-0.2, 0) is 6.54 Å². The predicted octanol–water partition coefficient (Wildman–Crippen LogP) is 3.01. The third-order valence-corrected chi connectivity index (χ3v) is 2.67. The van der Waals surface area contributed by atoms with Crippen LogP contribution in [0.2, 0.25) is 0 Å². The Morgan fingerprint density at radius 2 is 2.06 bits per heavy atom. The summed E-state index contributed by atoms with van der Waals surface area (Å²) in [5, 5.41) is 8.02. The van der Waals surface area contributed by atoms with Crippen molar-refractivity contribution in [2.75, 3.05) is 6.54 Å². The van der Waals surface area contributed by atoms with E-state index in [0.29, 0.717) is 5.84 Å². The first-order valence-corrected chi connectivity index (χ1v) is 5.49. The summed E-state index contributed by atoms with van der Waals surface area (Å²) in [7, 11) is 0. The zero-order valence-electron chi connectivity index (χ0n) is 9.97. The second kappa shape index (κ2) is 3.58. The number of hydrogen-bond acceptors (Lipinski definition) is 1. The number of nitrogens with zero attached hydrogens (tertiary/aromatic N) is 1. The highest BCUT2D eigenvalue weighted by Crippen LogP contribution is 2.26. The molecule has 2 nitrogen and oxygen atoms in total. The minimum atomic E-state index is -0.263. The van der Waals surface area contributed by atoms with Crippen molar-refractivity contribution in [1.82, 2.24) is 4.90 Å². The molecule has 0 spiro atoms. The monoisotopic (exact) mass is 220 g/mol. The van der Waals surface area contributed by atoms with E-state index in [1.54, 1.807) is 6.07 Å². The lowest BCUT2D eigenvalue weighted by Gasteiger charge is -2.27. The lowest BCUT2D eigenvalue weighted by atomic mass is 9.96. The Balaban J connectivity index is 2.25. The molecule has 0 unspecified atom stereocenters. The SMILES string of the molecule is CC(C)(C)CN1Cc2ccc(F)cc2C1=N. The van der Waals surface area contributed by atoms with E-state index in [0.717, 1.165) is 24.2 Å². The molecule has 1 aliphatic rings. The van der Waals surface area contributed by atoms with Crippen molar-refractivity contribution in [1.29, 1.82) is 5.41 Å². The van der Waals surface area contributed by atoms with Gasteiger partial charge in [0, 0.05) is 18.7 Å². The van der Waals surface area contributed by atoms with E-state index in [9.17, 15) is 4.39 Å². The van der Waals surface area contributed by atoms with Crippen molar-refractivity contribution in [3.8, 4) is 0 Å². The van der Waals surface area contributed by atoms with Crippen LogP contribution in [0.4, 0.5) is 4.39 Å². The molecule has 0 saturated heterocycles. The molecule has 86 valence electrons. The molecular weight excluding hydrogens is 203 g/mol. The average Bonchev–Trinajstić information content (AvgIpc) is 2.42. The topological polar surface area (TPSA) is 27.1 Å². The number of fused-ring (bicyclic) bond motifs is 1. The fraction of sp³-hybridized carbons (Fsp3) is 0.462. The van der Waals surface area contributed by atoms with Gasteiger partial charge in [-0.25, -0.2) is 4.39 Å². The molecule has 0 atom stereocenters. The third kappa shape index (κ3) is 2.08. The number of benzene rings is 1. The highest BCUT2D eigenvalue weighted by Gasteiger charge is 2.27. The third-order valence-electron chi connectivity index (χ3n) is 2.67. The first-order valence-electron chi connectivity index (χ1n) is 5.49. The summed E-state index contributed by atoms with van der Waals surface area (Å²) in [5.74, 6) is 0.186. The van der Waals surface area contributed by atoms with Gasteiger partial charge >= 0.3 is 0 Å². The maximum Gasteiger partial charge on any atom is 0.128 e. The fourth-order valence-corrected chi connectivity index (χ4v) is 2.07. The number of amidine groups is 1. The Kier molecular flexibility index (Phi) is 2.49. The van der Waals surface area contributed by atoms with Crippen LogP contribution >= 0.6 is 0 Å². The van der Waals surface area contributed by atoms with Crippen molar-refractivity contribution < 1.29 is 4.39 Å². The summed E-state index contributed by atoms with van der Waals surface area (Å²) < 4.78 is 13.1. The zero-order chi connectivity index (χ0) is 11.9. The summed E-state index contributed by atoms with van der Waals surface area (Å²) in [6.07, 6.45) is 0. The van der Waals surface area contributed by atoms with Crippen molar-refractivity contribution in [2.24, 2.45) is 5.41 Å². The second-order valence-electron chi connectivity index (χ2n) is 5.57. The number of nitrogens with one attached hydrogen (secondary N) is 1. The molecule has 0 aliphatic carbocycles. The molecular formula is C13H17FN2. The number of halogens is 1. The van der Waals surface area contributed by atoms with E-state index in [2.05, 4.69) is 20.8 Å². The summed E-state index contributed by atoms with van der Waals surface area (Å²) in [6, 6.07) is 4.70. The van der Waals surface area contributed by atoms with Crippen LogP contribution in [0.15, 0.2) is 18.2 Å². The van der Waals surface area contributed by atoms with Gasteiger partial charge in [0.15, 0.2) is 0 Å². The highest BCUT2D eigenvalue weighted by molar-refractivity contribution is 6.00. The molecule has 2 rings (SSSR count). The van der Waals surface area contributed by atoms with Crippen LogP contribution in [0, 0.1) is 16.6 Å².